The van der Waals surface area contributed by atoms with Crippen LogP contribution in [0.15, 0.2) is 18.2 Å². The minimum absolute atomic E-state index is 0.0642. The van der Waals surface area contributed by atoms with Gasteiger partial charge in [-0.2, -0.15) is 0 Å². The number of fused-ring (bicyclic) bond motifs is 1. The van der Waals surface area contributed by atoms with Crippen molar-refractivity contribution in [2.45, 2.75) is 25.7 Å². The first kappa shape index (κ1) is 13.5. The molecule has 20 heavy (non-hydrogen) atoms. The molecule has 0 fully saturated rings. The summed E-state index contributed by atoms with van der Waals surface area (Å²) >= 11 is 7.26. The van der Waals surface area contributed by atoms with Gasteiger partial charge < -0.3 is 0 Å². The largest absolute Gasteiger partial charge is 0.298 e. The number of hydrogen-bond acceptors (Lipinski definition) is 3. The molecule has 1 aliphatic carbocycles. The molecule has 3 nitrogen and oxygen atoms in total. The zero-order chi connectivity index (χ0) is 14.1. The molecule has 0 bridgehead atoms. The van der Waals surface area contributed by atoms with E-state index in [1.54, 1.807) is 0 Å². The monoisotopic (exact) mass is 310 g/mol. The van der Waals surface area contributed by atoms with E-state index in [1.165, 1.54) is 34.4 Å². The van der Waals surface area contributed by atoms with E-state index in [0.29, 0.717) is 10.2 Å². The van der Waals surface area contributed by atoms with Crippen molar-refractivity contribution in [2.75, 3.05) is 5.32 Å². The molecule has 0 spiro atoms. The molecular weight excluding hydrogens is 299 g/mol. The molecule has 1 aromatic heterocycles. The molecule has 1 aliphatic rings. The van der Waals surface area contributed by atoms with Gasteiger partial charge in [0.2, 0.25) is 0 Å². The third kappa shape index (κ3) is 2.69. The third-order valence-corrected chi connectivity index (χ3v) is 4.55. The van der Waals surface area contributed by atoms with Gasteiger partial charge in [-0.25, -0.2) is 9.37 Å². The molecule has 0 aliphatic heterocycles. The molecule has 6 heteroatoms. The normalized spacial score (nSPS) is 13.9. The van der Waals surface area contributed by atoms with E-state index >= 15 is 0 Å². The van der Waals surface area contributed by atoms with Crippen LogP contribution >= 0.6 is 22.9 Å². The van der Waals surface area contributed by atoms with E-state index < -0.39 is 11.7 Å². The maximum atomic E-state index is 13.6. The molecular formula is C14H12ClFN2OS. The van der Waals surface area contributed by atoms with Crippen LogP contribution in [0.2, 0.25) is 5.02 Å². The molecule has 0 saturated carbocycles. The highest BCUT2D eigenvalue weighted by atomic mass is 35.5. The Morgan fingerprint density at radius 2 is 2.15 bits per heavy atom. The summed E-state index contributed by atoms with van der Waals surface area (Å²) in [6, 6.07) is 3.92. The Hall–Kier alpha value is -1.46. The summed E-state index contributed by atoms with van der Waals surface area (Å²) in [5, 5.41) is 3.51. The number of hydrogen-bond donors (Lipinski definition) is 1. The predicted octanol–water partition coefficient (Wildman–Crippen LogP) is 4.07. The van der Waals surface area contributed by atoms with Crippen LogP contribution in [0.1, 0.15) is 33.8 Å². The van der Waals surface area contributed by atoms with Crippen molar-refractivity contribution in [3.05, 3.63) is 45.2 Å². The van der Waals surface area contributed by atoms with E-state index in [9.17, 15) is 9.18 Å². The standard InChI is InChI=1S/C14H12ClFN2OS/c15-8-5-6-10(16)9(7-8)13(19)18-14-17-11-3-1-2-4-12(11)20-14/h5-7H,1-4H2,(H,17,18,19). The topological polar surface area (TPSA) is 42.0 Å². The number of aromatic nitrogens is 1. The van der Waals surface area contributed by atoms with Crippen LogP contribution < -0.4 is 5.32 Å². The highest BCUT2D eigenvalue weighted by Crippen LogP contribution is 2.30. The lowest BCUT2D eigenvalue weighted by Crippen LogP contribution is -2.13. The molecule has 3 rings (SSSR count). The first-order chi connectivity index (χ1) is 9.63. The summed E-state index contributed by atoms with van der Waals surface area (Å²) in [5.74, 6) is -1.11. The number of anilines is 1. The molecule has 0 unspecified atom stereocenters. The number of aryl methyl sites for hydroxylation is 2. The van der Waals surface area contributed by atoms with Crippen molar-refractivity contribution in [1.82, 2.24) is 4.98 Å². The van der Waals surface area contributed by atoms with E-state index in [2.05, 4.69) is 10.3 Å². The highest BCUT2D eigenvalue weighted by molar-refractivity contribution is 7.15. The van der Waals surface area contributed by atoms with Gasteiger partial charge in [-0.05, 0) is 43.9 Å². The van der Waals surface area contributed by atoms with Gasteiger partial charge in [0.15, 0.2) is 5.13 Å². The van der Waals surface area contributed by atoms with Gasteiger partial charge in [0.05, 0.1) is 11.3 Å². The first-order valence-corrected chi connectivity index (χ1v) is 7.58. The average molecular weight is 311 g/mol. The molecule has 0 saturated heterocycles. The van der Waals surface area contributed by atoms with Gasteiger partial charge >= 0.3 is 0 Å². The summed E-state index contributed by atoms with van der Waals surface area (Å²) in [4.78, 5) is 17.7. The zero-order valence-corrected chi connectivity index (χ0v) is 12.2. The van der Waals surface area contributed by atoms with Gasteiger partial charge in [0.25, 0.3) is 5.91 Å². The van der Waals surface area contributed by atoms with Crippen molar-refractivity contribution in [2.24, 2.45) is 0 Å². The van der Waals surface area contributed by atoms with Crippen LogP contribution in [-0.2, 0) is 12.8 Å². The summed E-state index contributed by atoms with van der Waals surface area (Å²) in [6.45, 7) is 0. The number of nitrogens with zero attached hydrogens (tertiary/aromatic N) is 1. The number of nitrogens with one attached hydrogen (secondary N) is 1. The number of amides is 1. The van der Waals surface area contributed by atoms with Crippen LogP contribution in [0.3, 0.4) is 0 Å². The van der Waals surface area contributed by atoms with E-state index in [-0.39, 0.29) is 5.56 Å². The second-order valence-electron chi connectivity index (χ2n) is 4.67. The Balaban J connectivity index is 1.82. The SMILES string of the molecule is O=C(Nc1nc2c(s1)CCCC2)c1cc(Cl)ccc1F. The maximum absolute atomic E-state index is 13.6. The Kier molecular flexibility index (Phi) is 3.72. The maximum Gasteiger partial charge on any atom is 0.260 e. The number of halogens is 2. The van der Waals surface area contributed by atoms with Crippen LogP contribution in [0.5, 0.6) is 0 Å². The Morgan fingerprint density at radius 1 is 1.35 bits per heavy atom. The number of benzene rings is 1. The van der Waals surface area contributed by atoms with Crippen molar-refractivity contribution >= 4 is 34.0 Å². The number of rotatable bonds is 2. The van der Waals surface area contributed by atoms with Gasteiger partial charge in [-0.3, -0.25) is 10.1 Å². The lowest BCUT2D eigenvalue weighted by atomic mass is 10.0. The van der Waals surface area contributed by atoms with E-state index in [4.69, 9.17) is 11.6 Å². The van der Waals surface area contributed by atoms with Crippen LogP contribution in [0, 0.1) is 5.82 Å². The van der Waals surface area contributed by atoms with Crippen LogP contribution in [0.25, 0.3) is 0 Å². The van der Waals surface area contributed by atoms with Gasteiger partial charge in [0.1, 0.15) is 5.82 Å². The predicted molar refractivity (Wildman–Crippen MR) is 78.1 cm³/mol. The third-order valence-electron chi connectivity index (χ3n) is 3.24. The van der Waals surface area contributed by atoms with Crippen molar-refractivity contribution in [1.29, 1.82) is 0 Å². The molecule has 1 aromatic carbocycles. The molecule has 0 radical (unpaired) electrons. The molecule has 1 amide bonds. The highest BCUT2D eigenvalue weighted by Gasteiger charge is 2.18. The van der Waals surface area contributed by atoms with Crippen LogP contribution in [-0.4, -0.2) is 10.9 Å². The number of thiazole rings is 1. The lowest BCUT2D eigenvalue weighted by Gasteiger charge is -2.06. The van der Waals surface area contributed by atoms with Crippen molar-refractivity contribution in [3.63, 3.8) is 0 Å². The summed E-state index contributed by atoms with van der Waals surface area (Å²) in [5.41, 5.74) is 0.994. The van der Waals surface area contributed by atoms with Gasteiger partial charge in [-0.15, -0.1) is 11.3 Å². The zero-order valence-electron chi connectivity index (χ0n) is 10.6. The molecule has 0 atom stereocenters. The average Bonchev–Trinajstić information content (AvgIpc) is 2.83. The van der Waals surface area contributed by atoms with E-state index in [1.807, 2.05) is 0 Å². The second kappa shape index (κ2) is 5.50. The Morgan fingerprint density at radius 3 is 2.95 bits per heavy atom. The van der Waals surface area contributed by atoms with E-state index in [0.717, 1.165) is 31.4 Å². The molecule has 104 valence electrons. The second-order valence-corrected chi connectivity index (χ2v) is 6.19. The van der Waals surface area contributed by atoms with Crippen molar-refractivity contribution < 1.29 is 9.18 Å². The minimum Gasteiger partial charge on any atom is -0.298 e. The lowest BCUT2D eigenvalue weighted by molar-refractivity contribution is 0.102. The Bertz CT molecular complexity index is 648. The minimum atomic E-state index is -0.590. The Labute approximate surface area is 124 Å². The fraction of sp³-hybridized carbons (Fsp3) is 0.286. The summed E-state index contributed by atoms with van der Waals surface area (Å²) in [7, 11) is 0. The van der Waals surface area contributed by atoms with Crippen LogP contribution in [0.4, 0.5) is 9.52 Å². The smallest absolute Gasteiger partial charge is 0.260 e. The fourth-order valence-corrected chi connectivity index (χ4v) is 3.46. The first-order valence-electron chi connectivity index (χ1n) is 6.38. The quantitative estimate of drug-likeness (QED) is 0.908. The van der Waals surface area contributed by atoms with Gasteiger partial charge in [-0.1, -0.05) is 11.6 Å². The number of carbonyl (C=O) groups is 1. The molecule has 2 aromatic rings. The van der Waals surface area contributed by atoms with Gasteiger partial charge in [0, 0.05) is 9.90 Å². The molecule has 1 heterocycles. The summed E-state index contributed by atoms with van der Waals surface area (Å²) < 4.78 is 13.6. The number of carbonyl (C=O) groups excluding carboxylic acids is 1. The molecule has 1 N–H and O–H groups in total. The summed E-state index contributed by atoms with van der Waals surface area (Å²) in [6.07, 6.45) is 4.25. The fourth-order valence-electron chi connectivity index (χ4n) is 2.24. The van der Waals surface area contributed by atoms with Crippen molar-refractivity contribution in [3.8, 4) is 0 Å².